The normalized spacial score (nSPS) is 15.2. The van der Waals surface area contributed by atoms with Crippen molar-refractivity contribution < 1.29 is 33.8 Å². The van der Waals surface area contributed by atoms with Gasteiger partial charge >= 0.3 is 0 Å². The molecule has 1 aliphatic heterocycles. The number of rotatable bonds is 13. The average Bonchev–Trinajstić information content (AvgIpc) is 3.04. The first-order valence-electron chi connectivity index (χ1n) is 11.6. The highest BCUT2D eigenvalue weighted by Gasteiger charge is 2.35. The lowest BCUT2D eigenvalue weighted by atomic mass is 10.0. The fraction of sp³-hybridized carbons (Fsp3) is 0.458. The number of ether oxygens (including phenoxy) is 1. The predicted molar refractivity (Wildman–Crippen MR) is 142 cm³/mol. The summed E-state index contributed by atoms with van der Waals surface area (Å²) in [6.45, 7) is 5.07. The van der Waals surface area contributed by atoms with Gasteiger partial charge in [-0.05, 0) is 62.4 Å². The maximum atomic E-state index is 12.8. The molecule has 1 aliphatic rings. The number of imide groups is 1. The number of anilines is 1. The van der Waals surface area contributed by atoms with Crippen LogP contribution in [-0.2, 0) is 35.3 Å². The first-order valence-corrected chi connectivity index (χ1v) is 13.1. The summed E-state index contributed by atoms with van der Waals surface area (Å²) >= 11 is 6.09. The van der Waals surface area contributed by atoms with E-state index < -0.39 is 41.6 Å². The number of hydrogen-bond acceptors (Lipinski definition) is 7. The van der Waals surface area contributed by atoms with Crippen LogP contribution in [0.25, 0.3) is 0 Å². The standard InChI is InChI=1S/C24H30Br2N4O7/c1-13(2)20(22(34)27-14(3)21(33)28-16-6-4-15(12-31)5-7-16)29-17(32)8-10-37-11-9-30-23(35)18(25)19(26)24(30)36/h4-7,13-14,20,31H,8-12H2,1-3H3,(H,27,34)(H,28,33)(H,29,32)/t14-,20-/m0/s1. The molecule has 0 aliphatic carbocycles. The van der Waals surface area contributed by atoms with Crippen molar-refractivity contribution >= 4 is 67.1 Å². The molecule has 0 saturated carbocycles. The third-order valence-corrected chi connectivity index (χ3v) is 7.42. The second-order valence-corrected chi connectivity index (χ2v) is 10.2. The molecule has 202 valence electrons. The minimum Gasteiger partial charge on any atom is -0.392 e. The molecule has 5 amide bonds. The summed E-state index contributed by atoms with van der Waals surface area (Å²) in [5.74, 6) is -2.54. The fourth-order valence-electron chi connectivity index (χ4n) is 3.24. The van der Waals surface area contributed by atoms with Crippen LogP contribution in [0.4, 0.5) is 5.69 Å². The van der Waals surface area contributed by atoms with Crippen LogP contribution >= 0.6 is 31.9 Å². The van der Waals surface area contributed by atoms with Crippen LogP contribution in [0.2, 0.25) is 0 Å². The highest BCUT2D eigenvalue weighted by atomic mass is 79.9. The van der Waals surface area contributed by atoms with E-state index in [0.29, 0.717) is 11.3 Å². The number of halogens is 2. The molecule has 0 bridgehead atoms. The zero-order valence-electron chi connectivity index (χ0n) is 20.7. The van der Waals surface area contributed by atoms with E-state index in [-0.39, 0.29) is 47.7 Å². The SMILES string of the molecule is CC(C)[C@H](NC(=O)CCOCCN1C(=O)C(Br)=C(Br)C1=O)C(=O)N[C@@H](C)C(=O)Nc1ccc(CO)cc1. The molecule has 0 spiro atoms. The van der Waals surface area contributed by atoms with Crippen LogP contribution in [0, 0.1) is 5.92 Å². The van der Waals surface area contributed by atoms with Gasteiger partial charge in [0, 0.05) is 12.1 Å². The van der Waals surface area contributed by atoms with Gasteiger partial charge in [0.15, 0.2) is 0 Å². The lowest BCUT2D eigenvalue weighted by Gasteiger charge is -2.24. The molecule has 0 saturated heterocycles. The molecule has 0 aromatic heterocycles. The van der Waals surface area contributed by atoms with E-state index in [0.717, 1.165) is 4.90 Å². The number of nitrogens with one attached hydrogen (secondary N) is 3. The van der Waals surface area contributed by atoms with Gasteiger partial charge in [0.2, 0.25) is 17.7 Å². The first kappa shape index (κ1) is 30.6. The molecule has 2 rings (SSSR count). The van der Waals surface area contributed by atoms with E-state index in [2.05, 4.69) is 47.8 Å². The summed E-state index contributed by atoms with van der Waals surface area (Å²) < 4.78 is 5.68. The second kappa shape index (κ2) is 14.4. The van der Waals surface area contributed by atoms with Crippen molar-refractivity contribution in [2.45, 2.75) is 45.9 Å². The monoisotopic (exact) mass is 644 g/mol. The Morgan fingerprint density at radius 3 is 2.08 bits per heavy atom. The Kier molecular flexibility index (Phi) is 11.9. The lowest BCUT2D eigenvalue weighted by Crippen LogP contribution is -2.53. The second-order valence-electron chi connectivity index (χ2n) is 8.62. The van der Waals surface area contributed by atoms with Crippen LogP contribution in [0.1, 0.15) is 32.8 Å². The Morgan fingerprint density at radius 2 is 1.54 bits per heavy atom. The van der Waals surface area contributed by atoms with Gasteiger partial charge in [-0.25, -0.2) is 0 Å². The molecule has 1 aromatic carbocycles. The number of aliphatic hydroxyl groups is 1. The molecular weight excluding hydrogens is 616 g/mol. The summed E-state index contributed by atoms with van der Waals surface area (Å²) in [7, 11) is 0. The van der Waals surface area contributed by atoms with Crippen molar-refractivity contribution in [1.82, 2.24) is 15.5 Å². The van der Waals surface area contributed by atoms with Crippen molar-refractivity contribution in [2.75, 3.05) is 25.1 Å². The molecule has 37 heavy (non-hydrogen) atoms. The van der Waals surface area contributed by atoms with Gasteiger partial charge in [-0.2, -0.15) is 0 Å². The summed E-state index contributed by atoms with van der Waals surface area (Å²) in [6, 6.07) is 4.91. The van der Waals surface area contributed by atoms with E-state index in [9.17, 15) is 24.0 Å². The van der Waals surface area contributed by atoms with Gasteiger partial charge < -0.3 is 25.8 Å². The lowest BCUT2D eigenvalue weighted by molar-refractivity contribution is -0.138. The highest BCUT2D eigenvalue weighted by Crippen LogP contribution is 2.29. The molecule has 2 atom stereocenters. The summed E-state index contributed by atoms with van der Waals surface area (Å²) in [5, 5.41) is 17.1. The van der Waals surface area contributed by atoms with Crippen LogP contribution in [-0.4, -0.2) is 71.4 Å². The highest BCUT2D eigenvalue weighted by molar-refractivity contribution is 9.14. The Labute approximate surface area is 231 Å². The molecule has 0 radical (unpaired) electrons. The Morgan fingerprint density at radius 1 is 0.946 bits per heavy atom. The van der Waals surface area contributed by atoms with Gasteiger partial charge in [-0.15, -0.1) is 0 Å². The predicted octanol–water partition coefficient (Wildman–Crippen LogP) is 1.54. The van der Waals surface area contributed by atoms with E-state index in [1.165, 1.54) is 6.92 Å². The molecule has 0 fully saturated rings. The molecule has 1 heterocycles. The van der Waals surface area contributed by atoms with Crippen molar-refractivity contribution in [3.63, 3.8) is 0 Å². The van der Waals surface area contributed by atoms with E-state index in [4.69, 9.17) is 9.84 Å². The number of nitrogens with zero attached hydrogens (tertiary/aromatic N) is 1. The molecular formula is C24H30Br2N4O7. The summed E-state index contributed by atoms with van der Waals surface area (Å²) in [4.78, 5) is 62.5. The van der Waals surface area contributed by atoms with E-state index in [1.807, 2.05) is 0 Å². The van der Waals surface area contributed by atoms with E-state index >= 15 is 0 Å². The van der Waals surface area contributed by atoms with Crippen molar-refractivity contribution in [3.05, 3.63) is 38.8 Å². The van der Waals surface area contributed by atoms with Crippen LogP contribution in [0.3, 0.4) is 0 Å². The van der Waals surface area contributed by atoms with Gasteiger partial charge in [0.1, 0.15) is 21.0 Å². The van der Waals surface area contributed by atoms with Crippen LogP contribution in [0.5, 0.6) is 0 Å². The minimum absolute atomic E-state index is 0.0259. The average molecular weight is 646 g/mol. The summed E-state index contributed by atoms with van der Waals surface area (Å²) in [5.41, 5.74) is 1.22. The number of aliphatic hydroxyl groups excluding tert-OH is 1. The van der Waals surface area contributed by atoms with Gasteiger partial charge in [-0.3, -0.25) is 28.9 Å². The third kappa shape index (κ3) is 8.73. The zero-order chi connectivity index (χ0) is 27.7. The van der Waals surface area contributed by atoms with Crippen molar-refractivity contribution in [1.29, 1.82) is 0 Å². The van der Waals surface area contributed by atoms with Crippen LogP contribution in [0.15, 0.2) is 33.2 Å². The molecule has 13 heteroatoms. The Bertz CT molecular complexity index is 1040. The fourth-order valence-corrected chi connectivity index (χ4v) is 4.00. The summed E-state index contributed by atoms with van der Waals surface area (Å²) in [6.07, 6.45) is -0.0378. The smallest absolute Gasteiger partial charge is 0.269 e. The van der Waals surface area contributed by atoms with Gasteiger partial charge in [-0.1, -0.05) is 26.0 Å². The van der Waals surface area contributed by atoms with Crippen molar-refractivity contribution in [3.8, 4) is 0 Å². The maximum absolute atomic E-state index is 12.8. The largest absolute Gasteiger partial charge is 0.392 e. The van der Waals surface area contributed by atoms with Crippen LogP contribution < -0.4 is 16.0 Å². The molecule has 0 unspecified atom stereocenters. The maximum Gasteiger partial charge on any atom is 0.269 e. The molecule has 11 nitrogen and oxygen atoms in total. The number of hydrogen-bond donors (Lipinski definition) is 4. The first-order chi connectivity index (χ1) is 17.5. The Hall–Kier alpha value is -2.61. The van der Waals surface area contributed by atoms with E-state index in [1.54, 1.807) is 38.1 Å². The third-order valence-electron chi connectivity index (χ3n) is 5.41. The molecule has 1 aromatic rings. The number of carbonyl (C=O) groups excluding carboxylic acids is 5. The topological polar surface area (TPSA) is 154 Å². The van der Waals surface area contributed by atoms with Crippen molar-refractivity contribution in [2.24, 2.45) is 5.92 Å². The van der Waals surface area contributed by atoms with Gasteiger partial charge in [0.25, 0.3) is 11.8 Å². The zero-order valence-corrected chi connectivity index (χ0v) is 23.8. The van der Waals surface area contributed by atoms with Gasteiger partial charge in [0.05, 0.1) is 26.4 Å². The Balaban J connectivity index is 1.76. The number of benzene rings is 1. The number of carbonyl (C=O) groups is 5. The molecule has 4 N–H and O–H groups in total. The quantitative estimate of drug-likeness (QED) is 0.187. The minimum atomic E-state index is -0.868. The number of amides is 5.